The van der Waals surface area contributed by atoms with Crippen molar-refractivity contribution in [3.05, 3.63) is 83.4 Å². The van der Waals surface area contributed by atoms with Gasteiger partial charge in [0, 0.05) is 18.4 Å². The fourth-order valence-corrected chi connectivity index (χ4v) is 5.22. The minimum Gasteiger partial charge on any atom is -0.494 e. The smallest absolute Gasteiger partial charge is 0.260 e. The first-order chi connectivity index (χ1) is 17.0. The zero-order chi connectivity index (χ0) is 24.5. The first-order valence-electron chi connectivity index (χ1n) is 11.2. The molecular formula is C27H23N3O4S. The Bertz CT molecular complexity index is 1430. The van der Waals surface area contributed by atoms with Gasteiger partial charge in [-0.3, -0.25) is 24.2 Å². The van der Waals surface area contributed by atoms with Crippen LogP contribution in [0.5, 0.6) is 5.75 Å². The molecule has 8 heteroatoms. The summed E-state index contributed by atoms with van der Waals surface area (Å²) in [5.74, 6) is -0.136. The number of thiazole rings is 1. The minimum absolute atomic E-state index is 0.185. The fraction of sp³-hybridized carbons (Fsp3) is 0.185. The summed E-state index contributed by atoms with van der Waals surface area (Å²) in [6.07, 6.45) is 0.369. The molecule has 3 amide bonds. The third kappa shape index (κ3) is 4.28. The maximum Gasteiger partial charge on any atom is 0.260 e. The van der Waals surface area contributed by atoms with Gasteiger partial charge in [-0.15, -0.1) is 0 Å². The molecule has 0 aliphatic carbocycles. The van der Waals surface area contributed by atoms with Crippen LogP contribution < -0.4 is 14.5 Å². The lowest BCUT2D eigenvalue weighted by Gasteiger charge is -2.21. The lowest BCUT2D eigenvalue weighted by atomic mass is 10.1. The number of nitrogens with zero attached hydrogens (tertiary/aromatic N) is 3. The lowest BCUT2D eigenvalue weighted by molar-refractivity contribution is -0.121. The van der Waals surface area contributed by atoms with Crippen LogP contribution in [0, 0.1) is 6.92 Å². The molecule has 2 heterocycles. The number of carbonyl (C=O) groups is 3. The quantitative estimate of drug-likeness (QED) is 0.355. The van der Waals surface area contributed by atoms with E-state index in [2.05, 4.69) is 0 Å². The first-order valence-corrected chi connectivity index (χ1v) is 12.0. The molecule has 0 atom stereocenters. The number of methoxy groups -OCH3 is 1. The Morgan fingerprint density at radius 2 is 1.77 bits per heavy atom. The van der Waals surface area contributed by atoms with E-state index in [0.29, 0.717) is 34.2 Å². The van der Waals surface area contributed by atoms with E-state index >= 15 is 0 Å². The fourth-order valence-electron chi connectivity index (χ4n) is 4.17. The maximum atomic E-state index is 13.9. The zero-order valence-electron chi connectivity index (χ0n) is 19.4. The molecule has 1 aliphatic heterocycles. The highest BCUT2D eigenvalue weighted by Gasteiger charge is 2.31. The largest absolute Gasteiger partial charge is 0.494 e. The number of imide groups is 1. The van der Waals surface area contributed by atoms with Crippen molar-refractivity contribution in [3.63, 3.8) is 0 Å². The summed E-state index contributed by atoms with van der Waals surface area (Å²) in [5, 5.41) is 0.542. The molecule has 4 aromatic rings. The van der Waals surface area contributed by atoms with E-state index in [0.717, 1.165) is 20.7 Å². The Hall–Kier alpha value is -4.04. The normalized spacial score (nSPS) is 13.5. The number of hydrogen-bond donors (Lipinski definition) is 0. The topological polar surface area (TPSA) is 79.8 Å². The summed E-state index contributed by atoms with van der Waals surface area (Å²) in [6.45, 7) is 2.31. The van der Waals surface area contributed by atoms with Crippen LogP contribution >= 0.6 is 11.3 Å². The Balaban J connectivity index is 1.58. The molecule has 1 aromatic heterocycles. The number of carbonyl (C=O) groups excluding carboxylic acids is 3. The molecule has 35 heavy (non-hydrogen) atoms. The van der Waals surface area contributed by atoms with E-state index in [9.17, 15) is 14.4 Å². The molecule has 1 aliphatic rings. The van der Waals surface area contributed by atoms with Crippen molar-refractivity contribution < 1.29 is 19.1 Å². The molecule has 0 saturated carbocycles. The van der Waals surface area contributed by atoms with Gasteiger partial charge in [-0.25, -0.2) is 4.98 Å². The van der Waals surface area contributed by atoms with E-state index in [4.69, 9.17) is 9.72 Å². The second-order valence-electron chi connectivity index (χ2n) is 8.31. The van der Waals surface area contributed by atoms with Crippen LogP contribution in [0.1, 0.15) is 34.3 Å². The Kier molecular flexibility index (Phi) is 6.05. The molecule has 0 bridgehead atoms. The van der Waals surface area contributed by atoms with Gasteiger partial charge in [-0.05, 0) is 42.3 Å². The van der Waals surface area contributed by atoms with Gasteiger partial charge < -0.3 is 4.74 Å². The van der Waals surface area contributed by atoms with E-state index < -0.39 is 0 Å². The monoisotopic (exact) mass is 485 g/mol. The lowest BCUT2D eigenvalue weighted by Crippen LogP contribution is -2.31. The number of benzene rings is 3. The van der Waals surface area contributed by atoms with Crippen molar-refractivity contribution in [1.82, 2.24) is 4.98 Å². The number of fused-ring (bicyclic) bond motifs is 1. The number of aromatic nitrogens is 1. The van der Waals surface area contributed by atoms with Crippen molar-refractivity contribution in [2.75, 3.05) is 16.9 Å². The number of aryl methyl sites for hydroxylation is 1. The van der Waals surface area contributed by atoms with E-state index in [1.54, 1.807) is 36.3 Å². The highest BCUT2D eigenvalue weighted by molar-refractivity contribution is 7.22. The van der Waals surface area contributed by atoms with Crippen LogP contribution in [0.2, 0.25) is 0 Å². The molecule has 7 nitrogen and oxygen atoms in total. The van der Waals surface area contributed by atoms with Crippen LogP contribution in [-0.2, 0) is 16.1 Å². The van der Waals surface area contributed by atoms with Gasteiger partial charge in [0.1, 0.15) is 11.3 Å². The number of rotatable bonds is 6. The highest BCUT2D eigenvalue weighted by atomic mass is 32.1. The number of anilines is 2. The molecule has 0 unspecified atom stereocenters. The van der Waals surface area contributed by atoms with Crippen LogP contribution in [0.4, 0.5) is 10.8 Å². The summed E-state index contributed by atoms with van der Waals surface area (Å²) < 4.78 is 6.45. The minimum atomic E-state index is -0.273. The average Bonchev–Trinajstić information content (AvgIpc) is 3.47. The predicted octanol–water partition coefficient (Wildman–Crippen LogP) is 5.11. The van der Waals surface area contributed by atoms with Crippen LogP contribution in [-0.4, -0.2) is 29.8 Å². The summed E-state index contributed by atoms with van der Waals surface area (Å²) in [5.41, 5.74) is 3.48. The van der Waals surface area contributed by atoms with Gasteiger partial charge in [0.25, 0.3) is 5.91 Å². The van der Waals surface area contributed by atoms with Crippen LogP contribution in [0.15, 0.2) is 66.7 Å². The highest BCUT2D eigenvalue weighted by Crippen LogP contribution is 2.37. The Morgan fingerprint density at radius 1 is 1.03 bits per heavy atom. The van der Waals surface area contributed by atoms with Crippen molar-refractivity contribution >= 4 is 50.1 Å². The third-order valence-corrected chi connectivity index (χ3v) is 7.19. The second kappa shape index (κ2) is 9.31. The molecule has 1 fully saturated rings. The summed E-state index contributed by atoms with van der Waals surface area (Å²) in [6, 6.07) is 20.2. The molecule has 3 aromatic carbocycles. The Morgan fingerprint density at radius 3 is 2.49 bits per heavy atom. The molecule has 0 spiro atoms. The third-order valence-electron chi connectivity index (χ3n) is 5.97. The molecule has 0 N–H and O–H groups in total. The molecule has 0 radical (unpaired) electrons. The van der Waals surface area contributed by atoms with E-state index in [1.807, 2.05) is 49.4 Å². The number of ether oxygens (including phenoxy) is 1. The molecule has 1 saturated heterocycles. The summed E-state index contributed by atoms with van der Waals surface area (Å²) in [7, 11) is 1.60. The van der Waals surface area contributed by atoms with Gasteiger partial charge in [-0.2, -0.15) is 0 Å². The number of amides is 3. The van der Waals surface area contributed by atoms with Gasteiger partial charge in [0.05, 0.1) is 24.0 Å². The van der Waals surface area contributed by atoms with Crippen molar-refractivity contribution in [1.29, 1.82) is 0 Å². The first kappa shape index (κ1) is 22.7. The van der Waals surface area contributed by atoms with E-state index in [-0.39, 0.29) is 30.6 Å². The summed E-state index contributed by atoms with van der Waals surface area (Å²) in [4.78, 5) is 45.9. The SMILES string of the molecule is COc1ccc(C)c2sc(N(Cc3ccccc3)C(=O)c3cccc(N4C(=O)CCC4=O)c3)nc12. The number of hydrogen-bond acceptors (Lipinski definition) is 6. The predicted molar refractivity (Wildman–Crippen MR) is 136 cm³/mol. The van der Waals surface area contributed by atoms with Gasteiger partial charge in [-0.1, -0.05) is 53.8 Å². The Labute approximate surface area is 206 Å². The van der Waals surface area contributed by atoms with Crippen molar-refractivity contribution in [2.24, 2.45) is 0 Å². The maximum absolute atomic E-state index is 13.9. The summed E-state index contributed by atoms with van der Waals surface area (Å²) >= 11 is 1.43. The van der Waals surface area contributed by atoms with Gasteiger partial charge >= 0.3 is 0 Å². The van der Waals surface area contributed by atoms with Gasteiger partial charge in [0.2, 0.25) is 11.8 Å². The zero-order valence-corrected chi connectivity index (χ0v) is 20.2. The molecule has 5 rings (SSSR count). The molecule has 176 valence electrons. The van der Waals surface area contributed by atoms with E-state index in [1.165, 1.54) is 11.3 Å². The second-order valence-corrected chi connectivity index (χ2v) is 9.29. The standard InChI is InChI=1S/C27H23N3O4S/c1-17-11-12-21(34-2)24-25(17)35-27(28-24)29(16-18-7-4-3-5-8-18)26(33)19-9-6-10-20(15-19)30-22(31)13-14-23(30)32/h3-12,15H,13-14,16H2,1-2H3. The molecular weight excluding hydrogens is 462 g/mol. The van der Waals surface area contributed by atoms with Crippen molar-refractivity contribution in [2.45, 2.75) is 26.3 Å². The van der Waals surface area contributed by atoms with Gasteiger partial charge in [0.15, 0.2) is 5.13 Å². The average molecular weight is 486 g/mol. The van der Waals surface area contributed by atoms with Crippen molar-refractivity contribution in [3.8, 4) is 5.75 Å². The van der Waals surface area contributed by atoms with Crippen LogP contribution in [0.3, 0.4) is 0 Å². The van der Waals surface area contributed by atoms with Crippen LogP contribution in [0.25, 0.3) is 10.2 Å².